The van der Waals surface area contributed by atoms with Crippen molar-refractivity contribution in [1.29, 1.82) is 0 Å². The van der Waals surface area contributed by atoms with Crippen LogP contribution in [0, 0.1) is 0 Å². The van der Waals surface area contributed by atoms with E-state index in [2.05, 4.69) is 0 Å². The summed E-state index contributed by atoms with van der Waals surface area (Å²) in [5.41, 5.74) is 1.98. The van der Waals surface area contributed by atoms with Gasteiger partial charge in [0.15, 0.2) is 23.9 Å². The first-order chi connectivity index (χ1) is 11.9. The van der Waals surface area contributed by atoms with Crippen molar-refractivity contribution in [3.63, 3.8) is 0 Å². The van der Waals surface area contributed by atoms with Crippen molar-refractivity contribution >= 4 is 22.3 Å². The molecule has 0 saturated heterocycles. The average Bonchev–Trinajstić information content (AvgIpc) is 2.59. The number of aromatic nitrogens is 1. The molecule has 0 atom stereocenters. The normalized spacial score (nSPS) is 11.6. The minimum Gasteiger partial charge on any atom is -0.748 e. The Morgan fingerprint density at radius 1 is 1.00 bits per heavy atom. The molecule has 1 aromatic heterocycles. The zero-order chi connectivity index (χ0) is 18.3. The molecule has 134 valence electrons. The highest BCUT2D eigenvalue weighted by atomic mass is 32.2. The smallest absolute Gasteiger partial charge is 0.169 e. The predicted molar refractivity (Wildman–Crippen MR) is 94.3 cm³/mol. The van der Waals surface area contributed by atoms with Crippen molar-refractivity contribution in [1.82, 2.24) is 0 Å². The lowest BCUT2D eigenvalue weighted by atomic mass is 10.1. The molecular weight excluding hydrogens is 342 g/mol. The highest BCUT2D eigenvalue weighted by Gasteiger charge is 2.04. The van der Waals surface area contributed by atoms with Gasteiger partial charge in [-0.3, -0.25) is 0 Å². The molecule has 0 bridgehead atoms. The molecule has 6 nitrogen and oxygen atoms in total. The maximum Gasteiger partial charge on any atom is 0.169 e. The minimum absolute atomic E-state index is 0.303. The van der Waals surface area contributed by atoms with Gasteiger partial charge in [0.25, 0.3) is 0 Å². The van der Waals surface area contributed by atoms with Gasteiger partial charge >= 0.3 is 0 Å². The summed E-state index contributed by atoms with van der Waals surface area (Å²) in [5.74, 6) is 1.01. The Hall–Kier alpha value is -2.38. The van der Waals surface area contributed by atoms with Gasteiger partial charge < -0.3 is 14.0 Å². The van der Waals surface area contributed by atoms with Crippen LogP contribution in [-0.2, 0) is 16.7 Å². The first-order valence-electron chi connectivity index (χ1n) is 7.74. The molecule has 1 heterocycles. The summed E-state index contributed by atoms with van der Waals surface area (Å²) in [4.78, 5) is 0. The molecule has 0 aliphatic heterocycles. The fraction of sp³-hybridized carbons (Fsp3) is 0.278. The van der Waals surface area contributed by atoms with E-state index in [-0.39, 0.29) is 5.75 Å². The van der Waals surface area contributed by atoms with Crippen LogP contribution in [0.25, 0.3) is 12.2 Å². The zero-order valence-electron chi connectivity index (χ0n) is 14.2. The van der Waals surface area contributed by atoms with Crippen molar-refractivity contribution in [2.75, 3.05) is 20.0 Å². The Morgan fingerprint density at radius 3 is 2.24 bits per heavy atom. The van der Waals surface area contributed by atoms with Crippen LogP contribution in [0.5, 0.6) is 11.5 Å². The van der Waals surface area contributed by atoms with Crippen LogP contribution < -0.4 is 14.0 Å². The molecule has 0 N–H and O–H groups in total. The zero-order valence-corrected chi connectivity index (χ0v) is 15.0. The molecule has 2 rings (SSSR count). The lowest BCUT2D eigenvalue weighted by molar-refractivity contribution is -0.696. The van der Waals surface area contributed by atoms with Crippen LogP contribution in [0.2, 0.25) is 0 Å². The summed E-state index contributed by atoms with van der Waals surface area (Å²) in [6.45, 7) is 0.487. The van der Waals surface area contributed by atoms with E-state index in [1.807, 2.05) is 59.4 Å². The maximum absolute atomic E-state index is 10.6. The first-order valence-corrected chi connectivity index (χ1v) is 9.32. The molecule has 0 unspecified atom stereocenters. The third kappa shape index (κ3) is 6.21. The van der Waals surface area contributed by atoms with Gasteiger partial charge in [-0.1, -0.05) is 18.2 Å². The van der Waals surface area contributed by atoms with Crippen LogP contribution >= 0.6 is 0 Å². The van der Waals surface area contributed by atoms with Crippen molar-refractivity contribution in [2.24, 2.45) is 0 Å². The van der Waals surface area contributed by atoms with E-state index in [0.29, 0.717) is 24.5 Å². The van der Waals surface area contributed by atoms with Gasteiger partial charge in [-0.05, 0) is 23.3 Å². The Kier molecular flexibility index (Phi) is 6.55. The van der Waals surface area contributed by atoms with Crippen molar-refractivity contribution in [3.05, 3.63) is 53.9 Å². The van der Waals surface area contributed by atoms with E-state index in [1.54, 1.807) is 14.2 Å². The van der Waals surface area contributed by atoms with Gasteiger partial charge in [-0.25, -0.2) is 13.0 Å². The number of benzene rings is 1. The average molecular weight is 363 g/mol. The third-order valence-electron chi connectivity index (χ3n) is 3.60. The summed E-state index contributed by atoms with van der Waals surface area (Å²) in [6, 6.07) is 9.51. The molecule has 25 heavy (non-hydrogen) atoms. The molecule has 0 amide bonds. The fourth-order valence-corrected chi connectivity index (χ4v) is 2.78. The molecule has 0 fully saturated rings. The standard InChI is InChI=1S/C18H21NO5S/c1-23-17-7-6-16(14-18(17)24-2)5-4-15-8-11-19(12-9-15)10-3-13-25(20,21)22/h4-9,11-12,14H,3,10,13H2,1-2H3/b5-4+. The Labute approximate surface area is 148 Å². The lowest BCUT2D eigenvalue weighted by Crippen LogP contribution is -2.33. The molecule has 0 radical (unpaired) electrons. The molecule has 0 aliphatic rings. The largest absolute Gasteiger partial charge is 0.748 e. The van der Waals surface area contributed by atoms with Gasteiger partial charge in [0.2, 0.25) is 0 Å². The van der Waals surface area contributed by atoms with E-state index < -0.39 is 10.1 Å². The van der Waals surface area contributed by atoms with Crippen LogP contribution in [0.4, 0.5) is 0 Å². The second-order valence-electron chi connectivity index (χ2n) is 5.43. The van der Waals surface area contributed by atoms with E-state index in [4.69, 9.17) is 9.47 Å². The molecule has 0 saturated carbocycles. The number of methoxy groups -OCH3 is 2. The van der Waals surface area contributed by atoms with Crippen LogP contribution in [0.1, 0.15) is 17.5 Å². The summed E-state index contributed by atoms with van der Waals surface area (Å²) < 4.78 is 44.1. The number of nitrogens with zero attached hydrogens (tertiary/aromatic N) is 1. The van der Waals surface area contributed by atoms with Crippen LogP contribution in [-0.4, -0.2) is 32.9 Å². The summed E-state index contributed by atoms with van der Waals surface area (Å²) in [5, 5.41) is 0. The first kappa shape index (κ1) is 19.0. The van der Waals surface area contributed by atoms with Gasteiger partial charge in [0.1, 0.15) is 6.54 Å². The van der Waals surface area contributed by atoms with Gasteiger partial charge in [0, 0.05) is 24.3 Å². The van der Waals surface area contributed by atoms with Gasteiger partial charge in [0.05, 0.1) is 24.3 Å². The van der Waals surface area contributed by atoms with Crippen LogP contribution in [0.3, 0.4) is 0 Å². The summed E-state index contributed by atoms with van der Waals surface area (Å²) in [7, 11) is -0.953. The van der Waals surface area contributed by atoms with E-state index in [0.717, 1.165) is 11.1 Å². The molecule has 2 aromatic rings. The topological polar surface area (TPSA) is 79.5 Å². The minimum atomic E-state index is -4.15. The Morgan fingerprint density at radius 2 is 1.64 bits per heavy atom. The lowest BCUT2D eigenvalue weighted by Gasteiger charge is -2.07. The number of hydrogen-bond acceptors (Lipinski definition) is 5. The molecular formula is C18H21NO5S. The Balaban J connectivity index is 1.99. The molecule has 7 heteroatoms. The number of aryl methyl sites for hydroxylation is 1. The highest BCUT2D eigenvalue weighted by molar-refractivity contribution is 7.85. The van der Waals surface area contributed by atoms with Crippen LogP contribution in [0.15, 0.2) is 42.7 Å². The van der Waals surface area contributed by atoms with Gasteiger partial charge in [-0.15, -0.1) is 0 Å². The van der Waals surface area contributed by atoms with Crippen molar-refractivity contribution < 1.29 is 27.0 Å². The molecule has 0 aliphatic carbocycles. The third-order valence-corrected chi connectivity index (χ3v) is 4.39. The van der Waals surface area contributed by atoms with E-state index in [9.17, 15) is 13.0 Å². The van der Waals surface area contributed by atoms with E-state index in [1.165, 1.54) is 0 Å². The Bertz CT molecular complexity index is 829. The number of ether oxygens (including phenoxy) is 2. The van der Waals surface area contributed by atoms with E-state index >= 15 is 0 Å². The molecule has 0 spiro atoms. The maximum atomic E-state index is 10.6. The quantitative estimate of drug-likeness (QED) is 0.530. The number of pyridine rings is 1. The van der Waals surface area contributed by atoms with Crippen molar-refractivity contribution in [2.45, 2.75) is 13.0 Å². The summed E-state index contributed by atoms with van der Waals surface area (Å²) in [6.07, 6.45) is 7.94. The monoisotopic (exact) mass is 363 g/mol. The molecule has 1 aromatic carbocycles. The highest BCUT2D eigenvalue weighted by Crippen LogP contribution is 2.28. The SMILES string of the molecule is COc1ccc(/C=C/c2cc[n+](CCCS(=O)(=O)[O-])cc2)cc1OC. The number of rotatable bonds is 8. The van der Waals surface area contributed by atoms with Crippen molar-refractivity contribution in [3.8, 4) is 11.5 Å². The second kappa shape index (κ2) is 8.64. The fourth-order valence-electron chi connectivity index (χ4n) is 2.30. The second-order valence-corrected chi connectivity index (χ2v) is 6.96. The summed E-state index contributed by atoms with van der Waals surface area (Å²) >= 11 is 0. The predicted octanol–water partition coefficient (Wildman–Crippen LogP) is 2.10. The number of hydrogen-bond donors (Lipinski definition) is 0. The van der Waals surface area contributed by atoms with Gasteiger partial charge in [-0.2, -0.15) is 0 Å².